The predicted octanol–water partition coefficient (Wildman–Crippen LogP) is 3.21. The molecule has 1 aliphatic heterocycles. The SMILES string of the molecule is O=C(Nc1nnc(Cc2ccccc2)s1)[C@@H]1CCCN(C(=O)c2ccco2)C1. The lowest BCUT2D eigenvalue weighted by molar-refractivity contribution is -0.121. The average molecular weight is 396 g/mol. The first-order chi connectivity index (χ1) is 13.7. The van der Waals surface area contributed by atoms with Crippen LogP contribution in [0.15, 0.2) is 53.1 Å². The number of hydrogen-bond acceptors (Lipinski definition) is 6. The highest BCUT2D eigenvalue weighted by atomic mass is 32.1. The highest BCUT2D eigenvalue weighted by Crippen LogP contribution is 2.23. The van der Waals surface area contributed by atoms with Gasteiger partial charge in [-0.25, -0.2) is 0 Å². The summed E-state index contributed by atoms with van der Waals surface area (Å²) in [5, 5.41) is 12.4. The molecule has 2 amide bonds. The van der Waals surface area contributed by atoms with Crippen LogP contribution in [-0.2, 0) is 11.2 Å². The molecule has 1 saturated heterocycles. The molecule has 1 N–H and O–H groups in total. The van der Waals surface area contributed by atoms with Crippen LogP contribution in [0.2, 0.25) is 0 Å². The second-order valence-corrected chi connectivity index (χ2v) is 7.78. The topological polar surface area (TPSA) is 88.3 Å². The Kier molecular flexibility index (Phi) is 5.48. The maximum Gasteiger partial charge on any atom is 0.289 e. The number of carbonyl (C=O) groups excluding carboxylic acids is 2. The second-order valence-electron chi connectivity index (χ2n) is 6.72. The van der Waals surface area contributed by atoms with Crippen LogP contribution in [-0.4, -0.2) is 40.0 Å². The minimum atomic E-state index is -0.269. The molecule has 0 saturated carbocycles. The van der Waals surface area contributed by atoms with Gasteiger partial charge in [-0.05, 0) is 30.5 Å². The number of benzene rings is 1. The Morgan fingerprint density at radius 2 is 2.04 bits per heavy atom. The summed E-state index contributed by atoms with van der Waals surface area (Å²) >= 11 is 1.38. The van der Waals surface area contributed by atoms with E-state index >= 15 is 0 Å². The molecule has 7 nitrogen and oxygen atoms in total. The van der Waals surface area contributed by atoms with Crippen LogP contribution >= 0.6 is 11.3 Å². The fourth-order valence-corrected chi connectivity index (χ4v) is 4.06. The normalized spacial score (nSPS) is 16.7. The maximum atomic E-state index is 12.7. The van der Waals surface area contributed by atoms with Crippen molar-refractivity contribution >= 4 is 28.3 Å². The lowest BCUT2D eigenvalue weighted by atomic mass is 9.97. The van der Waals surface area contributed by atoms with E-state index in [4.69, 9.17) is 4.42 Å². The number of aromatic nitrogens is 2. The summed E-state index contributed by atoms with van der Waals surface area (Å²) in [5.74, 6) is -0.271. The first-order valence-corrected chi connectivity index (χ1v) is 10.0. The fourth-order valence-electron chi connectivity index (χ4n) is 3.29. The quantitative estimate of drug-likeness (QED) is 0.715. The number of likely N-dealkylation sites (tertiary alicyclic amines) is 1. The Labute approximate surface area is 166 Å². The smallest absolute Gasteiger partial charge is 0.289 e. The van der Waals surface area contributed by atoms with E-state index in [9.17, 15) is 9.59 Å². The number of piperidine rings is 1. The summed E-state index contributed by atoms with van der Waals surface area (Å²) in [7, 11) is 0. The van der Waals surface area contributed by atoms with Crippen molar-refractivity contribution in [2.24, 2.45) is 5.92 Å². The van der Waals surface area contributed by atoms with Gasteiger partial charge in [0, 0.05) is 19.5 Å². The number of amides is 2. The van der Waals surface area contributed by atoms with E-state index < -0.39 is 0 Å². The van der Waals surface area contributed by atoms with Gasteiger partial charge in [-0.15, -0.1) is 10.2 Å². The number of nitrogens with zero attached hydrogens (tertiary/aromatic N) is 3. The van der Waals surface area contributed by atoms with Gasteiger partial charge in [0.2, 0.25) is 11.0 Å². The molecule has 28 heavy (non-hydrogen) atoms. The van der Waals surface area contributed by atoms with E-state index in [0.29, 0.717) is 30.4 Å². The number of carbonyl (C=O) groups is 2. The molecule has 2 aromatic heterocycles. The van der Waals surface area contributed by atoms with Crippen LogP contribution in [0.1, 0.15) is 34.0 Å². The summed E-state index contributed by atoms with van der Waals surface area (Å²) in [6.45, 7) is 1.00. The first kappa shape index (κ1) is 18.4. The fraction of sp³-hybridized carbons (Fsp3) is 0.300. The van der Waals surface area contributed by atoms with Gasteiger partial charge in [0.1, 0.15) is 5.01 Å². The zero-order valence-corrected chi connectivity index (χ0v) is 16.0. The third-order valence-corrected chi connectivity index (χ3v) is 5.55. The number of rotatable bonds is 5. The monoisotopic (exact) mass is 396 g/mol. The second kappa shape index (κ2) is 8.35. The van der Waals surface area contributed by atoms with Crippen LogP contribution in [0, 0.1) is 5.92 Å². The Balaban J connectivity index is 1.35. The number of hydrogen-bond donors (Lipinski definition) is 1. The number of nitrogens with one attached hydrogen (secondary N) is 1. The van der Waals surface area contributed by atoms with Crippen molar-refractivity contribution in [3.05, 3.63) is 65.1 Å². The number of furan rings is 1. The zero-order valence-electron chi connectivity index (χ0n) is 15.2. The van der Waals surface area contributed by atoms with Crippen molar-refractivity contribution < 1.29 is 14.0 Å². The summed E-state index contributed by atoms with van der Waals surface area (Å²) in [6, 6.07) is 13.3. The van der Waals surface area contributed by atoms with Crippen molar-refractivity contribution in [1.82, 2.24) is 15.1 Å². The standard InChI is InChI=1S/C20H20N4O3S/c25-18(15-8-4-10-24(13-15)19(26)16-9-5-11-27-16)21-20-23-22-17(28-20)12-14-6-2-1-3-7-14/h1-3,5-7,9,11,15H,4,8,10,12-13H2,(H,21,23,25)/t15-/m1/s1. The summed E-state index contributed by atoms with van der Waals surface area (Å²) in [5.41, 5.74) is 1.15. The minimum Gasteiger partial charge on any atom is -0.459 e. The molecule has 1 atom stereocenters. The summed E-state index contributed by atoms with van der Waals surface area (Å²) < 4.78 is 5.18. The molecule has 8 heteroatoms. The van der Waals surface area contributed by atoms with Gasteiger partial charge in [0.15, 0.2) is 5.76 Å². The lowest BCUT2D eigenvalue weighted by Gasteiger charge is -2.31. The van der Waals surface area contributed by atoms with Crippen molar-refractivity contribution in [2.45, 2.75) is 19.3 Å². The van der Waals surface area contributed by atoms with Gasteiger partial charge in [-0.2, -0.15) is 0 Å². The molecule has 0 unspecified atom stereocenters. The van der Waals surface area contributed by atoms with E-state index in [0.717, 1.165) is 23.4 Å². The molecule has 3 heterocycles. The minimum absolute atomic E-state index is 0.126. The molecule has 0 aliphatic carbocycles. The largest absolute Gasteiger partial charge is 0.459 e. The maximum absolute atomic E-state index is 12.7. The molecule has 1 aliphatic rings. The van der Waals surface area contributed by atoms with Gasteiger partial charge in [-0.3, -0.25) is 9.59 Å². The van der Waals surface area contributed by atoms with Gasteiger partial charge in [0.25, 0.3) is 5.91 Å². The van der Waals surface area contributed by atoms with Gasteiger partial charge >= 0.3 is 0 Å². The van der Waals surface area contributed by atoms with Crippen molar-refractivity contribution in [3.8, 4) is 0 Å². The molecular weight excluding hydrogens is 376 g/mol. The Bertz CT molecular complexity index is 940. The Morgan fingerprint density at radius 3 is 2.82 bits per heavy atom. The van der Waals surface area contributed by atoms with Gasteiger partial charge in [0.05, 0.1) is 12.2 Å². The first-order valence-electron chi connectivity index (χ1n) is 9.19. The lowest BCUT2D eigenvalue weighted by Crippen LogP contribution is -2.43. The Hall–Kier alpha value is -3.00. The van der Waals surface area contributed by atoms with Crippen LogP contribution in [0.25, 0.3) is 0 Å². The van der Waals surface area contributed by atoms with Crippen molar-refractivity contribution in [1.29, 1.82) is 0 Å². The van der Waals surface area contributed by atoms with Crippen molar-refractivity contribution in [2.75, 3.05) is 18.4 Å². The van der Waals surface area contributed by atoms with Crippen LogP contribution in [0.3, 0.4) is 0 Å². The highest BCUT2D eigenvalue weighted by Gasteiger charge is 2.30. The van der Waals surface area contributed by atoms with E-state index in [1.54, 1.807) is 17.0 Å². The molecule has 3 aromatic rings. The van der Waals surface area contributed by atoms with Gasteiger partial charge < -0.3 is 14.6 Å². The molecule has 1 aromatic carbocycles. The molecule has 0 bridgehead atoms. The summed E-state index contributed by atoms with van der Waals surface area (Å²) in [4.78, 5) is 26.8. The Morgan fingerprint density at radius 1 is 1.18 bits per heavy atom. The van der Waals surface area contributed by atoms with E-state index in [1.807, 2.05) is 30.3 Å². The molecule has 4 rings (SSSR count). The third kappa shape index (κ3) is 4.28. The summed E-state index contributed by atoms with van der Waals surface area (Å²) in [6.07, 6.45) is 3.68. The predicted molar refractivity (Wildman–Crippen MR) is 105 cm³/mol. The molecular formula is C20H20N4O3S. The molecule has 0 spiro atoms. The van der Waals surface area contributed by atoms with E-state index in [1.165, 1.54) is 17.6 Å². The molecule has 1 fully saturated rings. The van der Waals surface area contributed by atoms with Crippen molar-refractivity contribution in [3.63, 3.8) is 0 Å². The van der Waals surface area contributed by atoms with E-state index in [2.05, 4.69) is 15.5 Å². The van der Waals surface area contributed by atoms with Crippen LogP contribution in [0.4, 0.5) is 5.13 Å². The number of anilines is 1. The van der Waals surface area contributed by atoms with E-state index in [-0.39, 0.29) is 17.7 Å². The molecule has 0 radical (unpaired) electrons. The van der Waals surface area contributed by atoms with Crippen LogP contribution < -0.4 is 5.32 Å². The third-order valence-electron chi connectivity index (χ3n) is 4.71. The van der Waals surface area contributed by atoms with Gasteiger partial charge in [-0.1, -0.05) is 41.7 Å². The average Bonchev–Trinajstić information content (AvgIpc) is 3.41. The zero-order chi connectivity index (χ0) is 19.3. The highest BCUT2D eigenvalue weighted by molar-refractivity contribution is 7.15. The molecule has 144 valence electrons. The van der Waals surface area contributed by atoms with Crippen LogP contribution in [0.5, 0.6) is 0 Å².